The number of aromatic nitrogens is 5. The van der Waals surface area contributed by atoms with E-state index in [1.165, 1.54) is 19.3 Å². The minimum Gasteiger partial charge on any atom is -0.337 e. The van der Waals surface area contributed by atoms with Crippen LogP contribution in [-0.4, -0.2) is 31.4 Å². The zero-order valence-corrected chi connectivity index (χ0v) is 12.8. The van der Waals surface area contributed by atoms with Gasteiger partial charge in [-0.05, 0) is 12.8 Å². The van der Waals surface area contributed by atoms with Crippen molar-refractivity contribution in [3.8, 4) is 0 Å². The molecule has 1 aliphatic rings. The molecule has 108 valence electrons. The van der Waals surface area contributed by atoms with Crippen LogP contribution in [-0.2, 0) is 20.6 Å². The second-order valence-electron chi connectivity index (χ2n) is 5.46. The molecule has 2 aromatic heterocycles. The third-order valence-electron chi connectivity index (χ3n) is 4.10. The number of anilines is 1. The summed E-state index contributed by atoms with van der Waals surface area (Å²) in [5.41, 5.74) is 0. The molecular formula is C13H19ClN6. The Morgan fingerprint density at radius 1 is 1.30 bits per heavy atom. The van der Waals surface area contributed by atoms with Crippen molar-refractivity contribution in [2.24, 2.45) is 14.1 Å². The average molecular weight is 295 g/mol. The molecule has 20 heavy (non-hydrogen) atoms. The van der Waals surface area contributed by atoms with Crippen molar-refractivity contribution < 1.29 is 0 Å². The maximum atomic E-state index is 6.01. The molecule has 0 atom stereocenters. The van der Waals surface area contributed by atoms with E-state index in [9.17, 15) is 0 Å². The molecule has 0 amide bonds. The zero-order valence-electron chi connectivity index (χ0n) is 12.0. The Kier molecular flexibility index (Phi) is 3.41. The van der Waals surface area contributed by atoms with E-state index in [1.807, 2.05) is 30.6 Å². The predicted molar refractivity (Wildman–Crippen MR) is 77.9 cm³/mol. The zero-order chi connectivity index (χ0) is 14.3. The van der Waals surface area contributed by atoms with Crippen molar-refractivity contribution in [2.75, 3.05) is 11.9 Å². The molecule has 0 N–H and O–H groups in total. The number of nitrogens with zero attached hydrogens (tertiary/aromatic N) is 6. The van der Waals surface area contributed by atoms with Gasteiger partial charge in [0, 0.05) is 27.1 Å². The molecular weight excluding hydrogens is 276 g/mol. The second-order valence-corrected chi connectivity index (χ2v) is 5.84. The van der Waals surface area contributed by atoms with Crippen LogP contribution < -0.4 is 4.90 Å². The highest BCUT2D eigenvalue weighted by Gasteiger charge is 2.26. The van der Waals surface area contributed by atoms with Gasteiger partial charge in [-0.3, -0.25) is 0 Å². The van der Waals surface area contributed by atoms with Gasteiger partial charge in [0.05, 0.1) is 12.7 Å². The summed E-state index contributed by atoms with van der Waals surface area (Å²) in [6.07, 6.45) is 5.42. The molecule has 0 radical (unpaired) electrons. The summed E-state index contributed by atoms with van der Waals surface area (Å²) in [6, 6.07) is 0. The smallest absolute Gasteiger partial charge is 0.227 e. The first kappa shape index (κ1) is 13.4. The number of hydrogen-bond donors (Lipinski definition) is 0. The van der Waals surface area contributed by atoms with E-state index >= 15 is 0 Å². The molecule has 0 aliphatic heterocycles. The van der Waals surface area contributed by atoms with Gasteiger partial charge >= 0.3 is 0 Å². The Morgan fingerprint density at radius 3 is 2.60 bits per heavy atom. The average Bonchev–Trinajstić information content (AvgIpc) is 2.86. The van der Waals surface area contributed by atoms with E-state index in [4.69, 9.17) is 11.6 Å². The van der Waals surface area contributed by atoms with Crippen LogP contribution in [0.5, 0.6) is 0 Å². The van der Waals surface area contributed by atoms with Crippen molar-refractivity contribution in [1.82, 2.24) is 24.3 Å². The van der Waals surface area contributed by atoms with Gasteiger partial charge in [0.15, 0.2) is 0 Å². The lowest BCUT2D eigenvalue weighted by Gasteiger charge is -2.25. The van der Waals surface area contributed by atoms with Gasteiger partial charge in [-0.15, -0.1) is 10.2 Å². The number of hydrogen-bond acceptors (Lipinski definition) is 4. The third kappa shape index (κ3) is 2.18. The topological polar surface area (TPSA) is 51.8 Å². The molecule has 2 aromatic rings. The lowest BCUT2D eigenvalue weighted by atomic mass is 9.85. The molecule has 0 spiro atoms. The van der Waals surface area contributed by atoms with Crippen LogP contribution in [0, 0.1) is 0 Å². The normalized spacial score (nSPS) is 15.4. The molecule has 1 aliphatic carbocycles. The Bertz CT molecular complexity index is 612. The quantitative estimate of drug-likeness (QED) is 0.866. The summed E-state index contributed by atoms with van der Waals surface area (Å²) in [6.45, 7) is 0.653. The van der Waals surface area contributed by atoms with Crippen LogP contribution in [0.3, 0.4) is 0 Å². The van der Waals surface area contributed by atoms with Crippen molar-refractivity contribution in [3.05, 3.63) is 23.0 Å². The molecule has 7 heteroatoms. The van der Waals surface area contributed by atoms with Gasteiger partial charge in [-0.2, -0.15) is 0 Å². The van der Waals surface area contributed by atoms with Crippen molar-refractivity contribution >= 4 is 17.5 Å². The summed E-state index contributed by atoms with van der Waals surface area (Å²) < 4.78 is 3.97. The number of rotatable bonds is 4. The van der Waals surface area contributed by atoms with Crippen LogP contribution in [0.15, 0.2) is 6.20 Å². The number of imidazole rings is 1. The monoisotopic (exact) mass is 294 g/mol. The Hall–Kier alpha value is -1.56. The van der Waals surface area contributed by atoms with E-state index in [2.05, 4.69) is 19.7 Å². The van der Waals surface area contributed by atoms with E-state index in [0.29, 0.717) is 17.6 Å². The molecule has 0 bridgehead atoms. The summed E-state index contributed by atoms with van der Waals surface area (Å²) in [5.74, 6) is 3.45. The lowest BCUT2D eigenvalue weighted by molar-refractivity contribution is 0.392. The number of halogens is 1. The van der Waals surface area contributed by atoms with Crippen LogP contribution in [0.2, 0.25) is 5.15 Å². The molecule has 0 unspecified atom stereocenters. The van der Waals surface area contributed by atoms with Crippen LogP contribution in [0.25, 0.3) is 0 Å². The molecule has 0 aromatic carbocycles. The van der Waals surface area contributed by atoms with Crippen molar-refractivity contribution in [2.45, 2.75) is 31.7 Å². The molecule has 1 fully saturated rings. The highest BCUT2D eigenvalue weighted by atomic mass is 35.5. The summed E-state index contributed by atoms with van der Waals surface area (Å²) >= 11 is 6.01. The van der Waals surface area contributed by atoms with E-state index in [1.54, 1.807) is 6.20 Å². The first-order chi connectivity index (χ1) is 9.58. The van der Waals surface area contributed by atoms with E-state index < -0.39 is 0 Å². The molecule has 3 rings (SSSR count). The van der Waals surface area contributed by atoms with Gasteiger partial charge in [-0.25, -0.2) is 4.98 Å². The Morgan fingerprint density at radius 2 is 2.05 bits per heavy atom. The highest BCUT2D eigenvalue weighted by molar-refractivity contribution is 6.29. The lowest BCUT2D eigenvalue weighted by Crippen LogP contribution is -2.23. The maximum absolute atomic E-state index is 6.01. The Labute approximate surface area is 123 Å². The summed E-state index contributed by atoms with van der Waals surface area (Å²) in [4.78, 5) is 6.36. The van der Waals surface area contributed by atoms with E-state index in [0.717, 1.165) is 17.6 Å². The highest BCUT2D eigenvalue weighted by Crippen LogP contribution is 2.35. The first-order valence-electron chi connectivity index (χ1n) is 6.84. The molecule has 1 saturated carbocycles. The first-order valence-corrected chi connectivity index (χ1v) is 7.22. The molecule has 6 nitrogen and oxygen atoms in total. The molecule has 0 saturated heterocycles. The standard InChI is InChI=1S/C13H19ClN6/c1-18(8-11-15-7-10(14)19(11)2)13-17-16-12(20(13)3)9-5-4-6-9/h7,9H,4-6,8H2,1-3H3. The fourth-order valence-corrected chi connectivity index (χ4v) is 2.69. The van der Waals surface area contributed by atoms with Gasteiger partial charge in [0.1, 0.15) is 16.8 Å². The van der Waals surface area contributed by atoms with Gasteiger partial charge in [0.25, 0.3) is 0 Å². The summed E-state index contributed by atoms with van der Waals surface area (Å²) in [5, 5.41) is 9.31. The van der Waals surface area contributed by atoms with E-state index in [-0.39, 0.29) is 0 Å². The second kappa shape index (κ2) is 5.09. The minimum atomic E-state index is 0.581. The van der Waals surface area contributed by atoms with Crippen molar-refractivity contribution in [3.63, 3.8) is 0 Å². The fraction of sp³-hybridized carbons (Fsp3) is 0.615. The largest absolute Gasteiger partial charge is 0.337 e. The SMILES string of the molecule is CN(Cc1ncc(Cl)n1C)c1nnc(C2CCC2)n1C. The van der Waals surface area contributed by atoms with Gasteiger partial charge in [0.2, 0.25) is 5.95 Å². The van der Waals surface area contributed by atoms with Crippen molar-refractivity contribution in [1.29, 1.82) is 0 Å². The van der Waals surface area contributed by atoms with Crippen LogP contribution >= 0.6 is 11.6 Å². The third-order valence-corrected chi connectivity index (χ3v) is 4.45. The maximum Gasteiger partial charge on any atom is 0.227 e. The van der Waals surface area contributed by atoms with Gasteiger partial charge in [-0.1, -0.05) is 18.0 Å². The summed E-state index contributed by atoms with van der Waals surface area (Å²) in [7, 11) is 5.94. The molecule has 2 heterocycles. The fourth-order valence-electron chi connectivity index (χ4n) is 2.54. The van der Waals surface area contributed by atoms with Crippen LogP contribution in [0.4, 0.5) is 5.95 Å². The van der Waals surface area contributed by atoms with Gasteiger partial charge < -0.3 is 14.0 Å². The van der Waals surface area contributed by atoms with Crippen LogP contribution in [0.1, 0.15) is 36.8 Å². The Balaban J connectivity index is 1.78. The predicted octanol–water partition coefficient (Wildman–Crippen LogP) is 2.11. The minimum absolute atomic E-state index is 0.581.